The highest BCUT2D eigenvalue weighted by atomic mass is 16.3. The summed E-state index contributed by atoms with van der Waals surface area (Å²) in [7, 11) is 0. The normalized spacial score (nSPS) is 12.5. The average Bonchev–Trinajstić information content (AvgIpc) is 2.46. The Balaban J connectivity index is 3.19. The average molecular weight is 196 g/mol. The Morgan fingerprint density at radius 2 is 1.93 bits per heavy atom. The number of rotatable bonds is 2. The van der Waals surface area contributed by atoms with Crippen LogP contribution in [0.1, 0.15) is 57.7 Å². The fourth-order valence-electron chi connectivity index (χ4n) is 1.50. The van der Waals surface area contributed by atoms with Crippen LogP contribution in [0.25, 0.3) is 0 Å². The van der Waals surface area contributed by atoms with Crippen molar-refractivity contribution in [1.29, 1.82) is 0 Å². The molecule has 0 aromatic carbocycles. The van der Waals surface area contributed by atoms with Gasteiger partial charge in [-0.25, -0.2) is 4.98 Å². The number of imidazole rings is 1. The predicted molar refractivity (Wildman–Crippen MR) is 57.3 cm³/mol. The van der Waals surface area contributed by atoms with Crippen LogP contribution in [0.3, 0.4) is 0 Å². The summed E-state index contributed by atoms with van der Waals surface area (Å²) in [6, 6.07) is 0. The number of hydrogen-bond donors (Lipinski definition) is 2. The van der Waals surface area contributed by atoms with E-state index in [4.69, 9.17) is 5.11 Å². The molecule has 0 fully saturated rings. The van der Waals surface area contributed by atoms with E-state index in [1.165, 1.54) is 0 Å². The highest BCUT2D eigenvalue weighted by Crippen LogP contribution is 2.28. The number of hydrogen-bond acceptors (Lipinski definition) is 2. The van der Waals surface area contributed by atoms with E-state index in [0.29, 0.717) is 11.7 Å². The molecule has 1 rings (SSSR count). The molecule has 0 aliphatic rings. The third-order valence-electron chi connectivity index (χ3n) is 2.22. The third-order valence-corrected chi connectivity index (χ3v) is 2.22. The van der Waals surface area contributed by atoms with Crippen LogP contribution in [0.2, 0.25) is 0 Å². The Kier molecular flexibility index (Phi) is 3.00. The first-order valence-corrected chi connectivity index (χ1v) is 5.06. The number of aromatic nitrogens is 2. The molecule has 0 atom stereocenters. The highest BCUT2D eigenvalue weighted by molar-refractivity contribution is 5.24. The molecule has 2 N–H and O–H groups in total. The first-order chi connectivity index (χ1) is 6.36. The maximum atomic E-state index is 9.03. The van der Waals surface area contributed by atoms with Gasteiger partial charge < -0.3 is 10.1 Å². The number of aliphatic hydroxyl groups is 1. The molecule has 14 heavy (non-hydrogen) atoms. The van der Waals surface area contributed by atoms with Crippen molar-refractivity contribution in [3.63, 3.8) is 0 Å². The second kappa shape index (κ2) is 3.73. The van der Waals surface area contributed by atoms with Gasteiger partial charge in [-0.05, 0) is 5.92 Å². The molecule has 0 spiro atoms. The van der Waals surface area contributed by atoms with Gasteiger partial charge in [0.25, 0.3) is 0 Å². The largest absolute Gasteiger partial charge is 0.388 e. The van der Waals surface area contributed by atoms with E-state index < -0.39 is 0 Å². The quantitative estimate of drug-likeness (QED) is 0.762. The molecule has 0 unspecified atom stereocenters. The molecule has 3 nitrogen and oxygen atoms in total. The SMILES string of the molecule is CC(C)c1[nH]c(CO)nc1C(C)(C)C. The molecule has 0 radical (unpaired) electrons. The molecular formula is C11H20N2O. The summed E-state index contributed by atoms with van der Waals surface area (Å²) in [5.74, 6) is 1.08. The van der Waals surface area contributed by atoms with E-state index in [1.54, 1.807) is 0 Å². The van der Waals surface area contributed by atoms with Crippen molar-refractivity contribution in [3.05, 3.63) is 17.2 Å². The van der Waals surface area contributed by atoms with E-state index in [9.17, 15) is 0 Å². The van der Waals surface area contributed by atoms with Crippen LogP contribution < -0.4 is 0 Å². The van der Waals surface area contributed by atoms with Crippen molar-refractivity contribution in [1.82, 2.24) is 9.97 Å². The molecule has 3 heteroatoms. The minimum Gasteiger partial charge on any atom is -0.388 e. The number of nitrogens with zero attached hydrogens (tertiary/aromatic N) is 1. The Hall–Kier alpha value is -0.830. The maximum absolute atomic E-state index is 9.03. The predicted octanol–water partition coefficient (Wildman–Crippen LogP) is 2.32. The van der Waals surface area contributed by atoms with Gasteiger partial charge in [0.05, 0.1) is 5.69 Å². The van der Waals surface area contributed by atoms with Gasteiger partial charge in [0.2, 0.25) is 0 Å². The third kappa shape index (κ3) is 2.15. The van der Waals surface area contributed by atoms with Crippen molar-refractivity contribution in [2.24, 2.45) is 0 Å². The molecule has 0 bridgehead atoms. The second-order valence-electron chi connectivity index (χ2n) is 5.01. The molecule has 1 aromatic rings. The number of H-pyrrole nitrogens is 1. The van der Waals surface area contributed by atoms with Gasteiger partial charge in [-0.15, -0.1) is 0 Å². The first-order valence-electron chi connectivity index (χ1n) is 5.06. The second-order valence-corrected chi connectivity index (χ2v) is 5.01. The monoisotopic (exact) mass is 196 g/mol. The Bertz CT molecular complexity index is 308. The lowest BCUT2D eigenvalue weighted by Gasteiger charge is -2.18. The highest BCUT2D eigenvalue weighted by Gasteiger charge is 2.23. The fraction of sp³-hybridized carbons (Fsp3) is 0.727. The van der Waals surface area contributed by atoms with Gasteiger partial charge in [0.15, 0.2) is 0 Å². The molecule has 0 aliphatic carbocycles. The van der Waals surface area contributed by atoms with Gasteiger partial charge in [-0.1, -0.05) is 34.6 Å². The van der Waals surface area contributed by atoms with Crippen LogP contribution in [-0.2, 0) is 12.0 Å². The summed E-state index contributed by atoms with van der Waals surface area (Å²) >= 11 is 0. The van der Waals surface area contributed by atoms with Crippen LogP contribution in [0, 0.1) is 0 Å². The van der Waals surface area contributed by atoms with E-state index in [0.717, 1.165) is 11.4 Å². The van der Waals surface area contributed by atoms with E-state index in [1.807, 2.05) is 0 Å². The topological polar surface area (TPSA) is 48.9 Å². The zero-order valence-corrected chi connectivity index (χ0v) is 9.68. The Labute approximate surface area is 85.6 Å². The van der Waals surface area contributed by atoms with E-state index in [-0.39, 0.29) is 12.0 Å². The van der Waals surface area contributed by atoms with Crippen molar-refractivity contribution in [2.45, 2.75) is 52.6 Å². The zero-order chi connectivity index (χ0) is 10.9. The summed E-state index contributed by atoms with van der Waals surface area (Å²) in [6.45, 7) is 10.6. The lowest BCUT2D eigenvalue weighted by molar-refractivity contribution is 0.272. The van der Waals surface area contributed by atoms with Gasteiger partial charge in [0.1, 0.15) is 12.4 Å². The fourth-order valence-corrected chi connectivity index (χ4v) is 1.50. The van der Waals surface area contributed by atoms with Crippen molar-refractivity contribution >= 4 is 0 Å². The summed E-state index contributed by atoms with van der Waals surface area (Å²) in [5, 5.41) is 9.03. The molecule has 80 valence electrons. The van der Waals surface area contributed by atoms with Crippen molar-refractivity contribution < 1.29 is 5.11 Å². The van der Waals surface area contributed by atoms with Crippen LogP contribution >= 0.6 is 0 Å². The van der Waals surface area contributed by atoms with Crippen molar-refractivity contribution in [3.8, 4) is 0 Å². The summed E-state index contributed by atoms with van der Waals surface area (Å²) < 4.78 is 0. The summed E-state index contributed by atoms with van der Waals surface area (Å²) in [6.07, 6.45) is 0. The Morgan fingerprint density at radius 1 is 1.36 bits per heavy atom. The van der Waals surface area contributed by atoms with Crippen LogP contribution in [0.15, 0.2) is 0 Å². The van der Waals surface area contributed by atoms with E-state index >= 15 is 0 Å². The van der Waals surface area contributed by atoms with Crippen LogP contribution in [0.4, 0.5) is 0 Å². The standard InChI is InChI=1S/C11H20N2O/c1-7(2)9-10(11(3,4)5)13-8(6-14)12-9/h7,14H,6H2,1-5H3,(H,12,13). The van der Waals surface area contributed by atoms with Crippen LogP contribution in [-0.4, -0.2) is 15.1 Å². The zero-order valence-electron chi connectivity index (χ0n) is 9.68. The molecule has 1 aromatic heterocycles. The summed E-state index contributed by atoms with van der Waals surface area (Å²) in [5.41, 5.74) is 2.24. The van der Waals surface area contributed by atoms with Gasteiger partial charge in [0, 0.05) is 11.1 Å². The molecule has 0 aliphatic heterocycles. The molecular weight excluding hydrogens is 176 g/mol. The maximum Gasteiger partial charge on any atom is 0.132 e. The van der Waals surface area contributed by atoms with E-state index in [2.05, 4.69) is 44.6 Å². The molecule has 0 amide bonds. The minimum absolute atomic E-state index is 0.0181. The number of nitrogens with one attached hydrogen (secondary N) is 1. The Morgan fingerprint density at radius 3 is 2.21 bits per heavy atom. The smallest absolute Gasteiger partial charge is 0.132 e. The lowest BCUT2D eigenvalue weighted by Crippen LogP contribution is -2.15. The summed E-state index contributed by atoms with van der Waals surface area (Å²) in [4.78, 5) is 7.59. The minimum atomic E-state index is -0.0181. The van der Waals surface area contributed by atoms with Gasteiger partial charge >= 0.3 is 0 Å². The lowest BCUT2D eigenvalue weighted by atomic mass is 9.88. The molecule has 0 saturated carbocycles. The van der Waals surface area contributed by atoms with Gasteiger partial charge in [-0.2, -0.15) is 0 Å². The first kappa shape index (κ1) is 11.2. The van der Waals surface area contributed by atoms with Gasteiger partial charge in [-0.3, -0.25) is 0 Å². The van der Waals surface area contributed by atoms with Crippen molar-refractivity contribution in [2.75, 3.05) is 0 Å². The molecule has 1 heterocycles. The van der Waals surface area contributed by atoms with Crippen LogP contribution in [0.5, 0.6) is 0 Å². The number of aliphatic hydroxyl groups excluding tert-OH is 1. The number of aromatic amines is 1. The molecule has 0 saturated heterocycles.